The summed E-state index contributed by atoms with van der Waals surface area (Å²) in [5.74, 6) is 0. The Morgan fingerprint density at radius 3 is 2.46 bits per heavy atom. The van der Waals surface area contributed by atoms with Crippen LogP contribution in [0.15, 0.2) is 48.5 Å². The van der Waals surface area contributed by atoms with E-state index in [-0.39, 0.29) is 0 Å². The first-order valence-electron chi connectivity index (χ1n) is 9.55. The van der Waals surface area contributed by atoms with E-state index in [9.17, 15) is 0 Å². The Balaban J connectivity index is 1.74. The Hall–Kier alpha value is -1.38. The van der Waals surface area contributed by atoms with Gasteiger partial charge in [0.2, 0.25) is 8.32 Å². The van der Waals surface area contributed by atoms with Crippen molar-refractivity contribution in [2.45, 2.75) is 63.6 Å². The van der Waals surface area contributed by atoms with Crippen LogP contribution in [-0.2, 0) is 17.3 Å². The van der Waals surface area contributed by atoms with Crippen LogP contribution >= 0.6 is 0 Å². The van der Waals surface area contributed by atoms with Gasteiger partial charge in [0.15, 0.2) is 0 Å². The van der Waals surface area contributed by atoms with Crippen molar-refractivity contribution in [3.63, 3.8) is 0 Å². The van der Waals surface area contributed by atoms with Gasteiger partial charge in [-0.3, -0.25) is 0 Å². The maximum atomic E-state index is 7.17. The Bertz CT molecular complexity index is 723. The largest absolute Gasteiger partial charge is 0.405 e. The van der Waals surface area contributed by atoms with E-state index in [1.165, 1.54) is 49.3 Å². The molecule has 0 bridgehead atoms. The van der Waals surface area contributed by atoms with Crippen LogP contribution in [0.4, 0.5) is 0 Å². The molecule has 126 valence electrons. The molecular formula is C22H28OSi. The molecule has 1 nitrogen and oxygen atoms in total. The highest BCUT2D eigenvalue weighted by Crippen LogP contribution is 2.41. The van der Waals surface area contributed by atoms with Crippen LogP contribution in [0.25, 0.3) is 0 Å². The lowest BCUT2D eigenvalue weighted by Crippen LogP contribution is -2.57. The summed E-state index contributed by atoms with van der Waals surface area (Å²) in [7, 11) is -1.94. The molecule has 0 fully saturated rings. The van der Waals surface area contributed by atoms with Crippen molar-refractivity contribution in [3.8, 4) is 0 Å². The first-order chi connectivity index (χ1) is 11.7. The van der Waals surface area contributed by atoms with E-state index < -0.39 is 8.32 Å². The lowest BCUT2D eigenvalue weighted by atomic mass is 9.90. The number of fused-ring (bicyclic) bond motifs is 2. The van der Waals surface area contributed by atoms with Gasteiger partial charge in [-0.25, -0.2) is 0 Å². The van der Waals surface area contributed by atoms with E-state index in [2.05, 4.69) is 62.4 Å². The van der Waals surface area contributed by atoms with E-state index in [1.54, 1.807) is 10.8 Å². The molecule has 2 heteroatoms. The van der Waals surface area contributed by atoms with Gasteiger partial charge in [-0.05, 0) is 65.6 Å². The second kappa shape index (κ2) is 6.49. The maximum absolute atomic E-state index is 7.17. The van der Waals surface area contributed by atoms with Gasteiger partial charge in [0.1, 0.15) is 0 Å². The normalized spacial score (nSPS) is 26.0. The predicted molar refractivity (Wildman–Crippen MR) is 103 cm³/mol. The molecule has 2 aromatic rings. The second-order valence-electron chi connectivity index (χ2n) is 7.75. The summed E-state index contributed by atoms with van der Waals surface area (Å²) in [5, 5.41) is 1.58. The molecule has 0 N–H and O–H groups in total. The Morgan fingerprint density at radius 2 is 1.62 bits per heavy atom. The van der Waals surface area contributed by atoms with Gasteiger partial charge >= 0.3 is 0 Å². The fourth-order valence-electron chi connectivity index (χ4n) is 4.77. The van der Waals surface area contributed by atoms with Gasteiger partial charge in [0.25, 0.3) is 0 Å². The molecule has 0 aromatic heterocycles. The molecule has 2 atom stereocenters. The van der Waals surface area contributed by atoms with Crippen molar-refractivity contribution in [1.29, 1.82) is 0 Å². The first kappa shape index (κ1) is 16.1. The fraction of sp³-hybridized carbons (Fsp3) is 0.455. The summed E-state index contributed by atoms with van der Waals surface area (Å²) < 4.78 is 7.17. The third-order valence-electron chi connectivity index (χ3n) is 6.07. The number of hydrogen-bond acceptors (Lipinski definition) is 1. The summed E-state index contributed by atoms with van der Waals surface area (Å²) in [6.45, 7) is 4.78. The monoisotopic (exact) mass is 336 g/mol. The molecule has 0 saturated carbocycles. The minimum atomic E-state index is -1.94. The van der Waals surface area contributed by atoms with E-state index in [4.69, 9.17) is 4.43 Å². The predicted octanol–water partition coefficient (Wildman–Crippen LogP) is 5.29. The molecule has 4 rings (SSSR count). The molecule has 2 aromatic carbocycles. The first-order valence-corrected chi connectivity index (χ1v) is 11.7. The quantitative estimate of drug-likeness (QED) is 0.692. The van der Waals surface area contributed by atoms with Crippen molar-refractivity contribution in [2.24, 2.45) is 0 Å². The summed E-state index contributed by atoms with van der Waals surface area (Å²) in [4.78, 5) is 0. The highest BCUT2D eigenvalue weighted by molar-refractivity contribution is 6.88. The van der Waals surface area contributed by atoms with Gasteiger partial charge in [-0.1, -0.05) is 62.4 Å². The van der Waals surface area contributed by atoms with Crippen molar-refractivity contribution < 1.29 is 4.43 Å². The molecule has 0 unspecified atom stereocenters. The smallest absolute Gasteiger partial charge is 0.227 e. The van der Waals surface area contributed by atoms with Gasteiger partial charge in [0.05, 0.1) is 6.10 Å². The van der Waals surface area contributed by atoms with E-state index in [0.29, 0.717) is 11.6 Å². The van der Waals surface area contributed by atoms with Gasteiger partial charge in [-0.2, -0.15) is 0 Å². The minimum absolute atomic E-state index is 0.301. The zero-order chi connectivity index (χ0) is 16.6. The van der Waals surface area contributed by atoms with E-state index in [0.717, 1.165) is 0 Å². The zero-order valence-corrected chi connectivity index (χ0v) is 15.9. The molecule has 0 spiro atoms. The highest BCUT2D eigenvalue weighted by atomic mass is 28.4. The van der Waals surface area contributed by atoms with Crippen LogP contribution in [0, 0.1) is 0 Å². The average molecular weight is 337 g/mol. The number of hydrogen-bond donors (Lipinski definition) is 0. The molecule has 2 aliphatic rings. The molecular weight excluding hydrogens is 308 g/mol. The molecule has 0 radical (unpaired) electrons. The number of benzene rings is 2. The minimum Gasteiger partial charge on any atom is -0.405 e. The Morgan fingerprint density at radius 1 is 0.917 bits per heavy atom. The van der Waals surface area contributed by atoms with Crippen LogP contribution in [0.1, 0.15) is 55.9 Å². The molecule has 0 amide bonds. The van der Waals surface area contributed by atoms with Crippen molar-refractivity contribution in [3.05, 3.63) is 65.2 Å². The number of aryl methyl sites for hydroxylation is 2. The van der Waals surface area contributed by atoms with E-state index >= 15 is 0 Å². The number of rotatable bonds is 3. The Kier molecular flexibility index (Phi) is 4.36. The molecule has 24 heavy (non-hydrogen) atoms. The summed E-state index contributed by atoms with van der Waals surface area (Å²) >= 11 is 0. The van der Waals surface area contributed by atoms with Gasteiger partial charge in [0, 0.05) is 0 Å². The van der Waals surface area contributed by atoms with Crippen LogP contribution in [0.5, 0.6) is 0 Å². The second-order valence-corrected chi connectivity index (χ2v) is 12.0. The maximum Gasteiger partial charge on any atom is 0.227 e. The summed E-state index contributed by atoms with van der Waals surface area (Å²) in [6.07, 6.45) is 6.46. The SMILES string of the molecule is CC(C)[Si@]1(O[C@@H]2CCCc3ccccc32)CCCc2ccccc21. The van der Waals surface area contributed by atoms with Gasteiger partial charge in [-0.15, -0.1) is 0 Å². The fourth-order valence-corrected chi connectivity index (χ4v) is 9.34. The van der Waals surface area contributed by atoms with Crippen molar-refractivity contribution in [1.82, 2.24) is 0 Å². The van der Waals surface area contributed by atoms with Crippen LogP contribution in [0.2, 0.25) is 11.6 Å². The standard InChI is InChI=1S/C22H28OSi/c1-17(2)24(16-8-12-19-10-4-6-15-22(19)24)23-21-14-7-11-18-9-3-5-13-20(18)21/h3-6,9-10,13,15,17,21H,7-8,11-12,14,16H2,1-2H3/t21-,24-/m1/s1. The third kappa shape index (κ3) is 2.66. The zero-order valence-electron chi connectivity index (χ0n) is 14.9. The van der Waals surface area contributed by atoms with Crippen LogP contribution < -0.4 is 5.19 Å². The molecule has 1 aliphatic heterocycles. The topological polar surface area (TPSA) is 9.23 Å². The third-order valence-corrected chi connectivity index (χ3v) is 11.1. The highest BCUT2D eigenvalue weighted by Gasteiger charge is 2.46. The average Bonchev–Trinajstić information content (AvgIpc) is 2.62. The molecule has 1 heterocycles. The molecule has 1 aliphatic carbocycles. The molecule has 0 saturated heterocycles. The summed E-state index contributed by atoms with van der Waals surface area (Å²) in [5.41, 5.74) is 5.13. The lowest BCUT2D eigenvalue weighted by Gasteiger charge is -2.43. The Labute approximate surface area is 147 Å². The van der Waals surface area contributed by atoms with Crippen LogP contribution in [0.3, 0.4) is 0 Å². The summed E-state index contributed by atoms with van der Waals surface area (Å²) in [6, 6.07) is 19.3. The van der Waals surface area contributed by atoms with Crippen LogP contribution in [-0.4, -0.2) is 8.32 Å². The van der Waals surface area contributed by atoms with Crippen molar-refractivity contribution >= 4 is 13.5 Å². The van der Waals surface area contributed by atoms with Gasteiger partial charge < -0.3 is 4.43 Å². The van der Waals surface area contributed by atoms with E-state index in [1.807, 2.05) is 0 Å². The lowest BCUT2D eigenvalue weighted by molar-refractivity contribution is 0.169. The van der Waals surface area contributed by atoms with Crippen molar-refractivity contribution in [2.75, 3.05) is 0 Å².